The summed E-state index contributed by atoms with van der Waals surface area (Å²) in [5.41, 5.74) is 0.861. The molecule has 2 heterocycles. The number of hydrogen-bond acceptors (Lipinski definition) is 4. The van der Waals surface area contributed by atoms with E-state index < -0.39 is 6.10 Å². The Morgan fingerprint density at radius 1 is 1.19 bits per heavy atom. The van der Waals surface area contributed by atoms with Crippen molar-refractivity contribution in [1.82, 2.24) is 15.0 Å². The molecule has 2 aromatic rings. The van der Waals surface area contributed by atoms with Gasteiger partial charge in [0.15, 0.2) is 0 Å². The molecule has 6 heteroatoms. The van der Waals surface area contributed by atoms with Crippen molar-refractivity contribution in [2.24, 2.45) is 0 Å². The van der Waals surface area contributed by atoms with Crippen LogP contribution in [-0.4, -0.2) is 20.1 Å². The zero-order chi connectivity index (χ0) is 11.5. The maximum Gasteiger partial charge on any atom is 0.223 e. The van der Waals surface area contributed by atoms with E-state index in [9.17, 15) is 5.11 Å². The maximum atomic E-state index is 9.99. The highest BCUT2D eigenvalue weighted by molar-refractivity contribution is 6.32. The zero-order valence-corrected chi connectivity index (χ0v) is 9.52. The van der Waals surface area contributed by atoms with E-state index in [4.69, 9.17) is 23.2 Å². The summed E-state index contributed by atoms with van der Waals surface area (Å²) in [7, 11) is 0. The number of pyridine rings is 1. The van der Waals surface area contributed by atoms with Gasteiger partial charge in [0, 0.05) is 18.0 Å². The smallest absolute Gasteiger partial charge is 0.223 e. The molecule has 0 fully saturated rings. The second kappa shape index (κ2) is 4.74. The SMILES string of the molecule is OC(c1ccccn1)c1cnc(Cl)nc1Cl. The molecule has 0 aliphatic rings. The summed E-state index contributed by atoms with van der Waals surface area (Å²) < 4.78 is 0. The molecular formula is C10H7Cl2N3O. The molecule has 82 valence electrons. The number of hydrogen-bond donors (Lipinski definition) is 1. The standard InChI is InChI=1S/C10H7Cl2N3O/c11-9-6(5-14-10(12)15-9)8(16)7-3-1-2-4-13-7/h1-5,8,16H. The molecule has 0 spiro atoms. The van der Waals surface area contributed by atoms with Crippen molar-refractivity contribution in [1.29, 1.82) is 0 Å². The molecule has 0 saturated heterocycles. The second-order valence-electron chi connectivity index (χ2n) is 3.04. The van der Waals surface area contributed by atoms with Gasteiger partial charge in [0.2, 0.25) is 5.28 Å². The normalized spacial score (nSPS) is 12.4. The first-order valence-corrected chi connectivity index (χ1v) is 5.21. The van der Waals surface area contributed by atoms with E-state index in [0.717, 1.165) is 0 Å². The fourth-order valence-electron chi connectivity index (χ4n) is 1.23. The molecule has 2 rings (SSSR count). The highest BCUT2D eigenvalue weighted by atomic mass is 35.5. The van der Waals surface area contributed by atoms with Gasteiger partial charge in [-0.1, -0.05) is 17.7 Å². The summed E-state index contributed by atoms with van der Waals surface area (Å²) >= 11 is 11.4. The third-order valence-corrected chi connectivity index (χ3v) is 2.49. The van der Waals surface area contributed by atoms with Gasteiger partial charge in [0.05, 0.1) is 5.69 Å². The minimum Gasteiger partial charge on any atom is -0.382 e. The molecule has 0 bridgehead atoms. The van der Waals surface area contributed by atoms with E-state index in [-0.39, 0.29) is 10.4 Å². The van der Waals surface area contributed by atoms with Crippen LogP contribution >= 0.6 is 23.2 Å². The van der Waals surface area contributed by atoms with Gasteiger partial charge in [-0.2, -0.15) is 0 Å². The Bertz CT molecular complexity index is 493. The lowest BCUT2D eigenvalue weighted by molar-refractivity contribution is 0.214. The summed E-state index contributed by atoms with van der Waals surface area (Å²) in [5.74, 6) is 0. The Balaban J connectivity index is 2.38. The molecule has 0 amide bonds. The molecule has 0 radical (unpaired) electrons. The molecule has 0 aromatic carbocycles. The van der Waals surface area contributed by atoms with E-state index in [1.54, 1.807) is 24.4 Å². The minimum atomic E-state index is -0.953. The summed E-state index contributed by atoms with van der Waals surface area (Å²) in [5, 5.41) is 10.2. The van der Waals surface area contributed by atoms with E-state index in [2.05, 4.69) is 15.0 Å². The van der Waals surface area contributed by atoms with Gasteiger partial charge < -0.3 is 5.11 Å². The van der Waals surface area contributed by atoms with Crippen molar-refractivity contribution in [3.05, 3.63) is 52.3 Å². The number of nitrogens with zero attached hydrogens (tertiary/aromatic N) is 3. The van der Waals surface area contributed by atoms with Gasteiger partial charge in [-0.15, -0.1) is 0 Å². The Kier molecular flexibility index (Phi) is 3.33. The van der Waals surface area contributed by atoms with Crippen molar-refractivity contribution >= 4 is 23.2 Å². The lowest BCUT2D eigenvalue weighted by Crippen LogP contribution is -2.04. The number of aliphatic hydroxyl groups excluding tert-OH is 1. The van der Waals surface area contributed by atoms with Crippen LogP contribution in [0.15, 0.2) is 30.6 Å². The average molecular weight is 256 g/mol. The highest BCUT2D eigenvalue weighted by Crippen LogP contribution is 2.25. The van der Waals surface area contributed by atoms with Gasteiger partial charge in [0.1, 0.15) is 11.3 Å². The molecule has 1 N–H and O–H groups in total. The number of rotatable bonds is 2. The van der Waals surface area contributed by atoms with E-state index >= 15 is 0 Å². The molecule has 1 unspecified atom stereocenters. The van der Waals surface area contributed by atoms with Crippen LogP contribution in [0.4, 0.5) is 0 Å². The van der Waals surface area contributed by atoms with E-state index in [1.807, 2.05) is 0 Å². The summed E-state index contributed by atoms with van der Waals surface area (Å²) in [6.07, 6.45) is 2.02. The lowest BCUT2D eigenvalue weighted by Gasteiger charge is -2.10. The van der Waals surface area contributed by atoms with Crippen molar-refractivity contribution < 1.29 is 5.11 Å². The van der Waals surface area contributed by atoms with Crippen LogP contribution in [0.25, 0.3) is 0 Å². The number of halogens is 2. The van der Waals surface area contributed by atoms with Crippen LogP contribution in [0, 0.1) is 0 Å². The van der Waals surface area contributed by atoms with Crippen LogP contribution in [0.3, 0.4) is 0 Å². The van der Waals surface area contributed by atoms with Crippen molar-refractivity contribution in [3.8, 4) is 0 Å². The Hall–Kier alpha value is -1.23. The van der Waals surface area contributed by atoms with Crippen LogP contribution in [0.1, 0.15) is 17.4 Å². The third kappa shape index (κ3) is 2.29. The predicted molar refractivity (Wildman–Crippen MR) is 60.4 cm³/mol. The molecule has 4 nitrogen and oxygen atoms in total. The quantitative estimate of drug-likeness (QED) is 0.661. The van der Waals surface area contributed by atoms with Gasteiger partial charge in [-0.25, -0.2) is 9.97 Å². The third-order valence-electron chi connectivity index (χ3n) is 2.00. The Morgan fingerprint density at radius 3 is 2.62 bits per heavy atom. The highest BCUT2D eigenvalue weighted by Gasteiger charge is 2.16. The molecule has 0 saturated carbocycles. The molecule has 0 aliphatic carbocycles. The van der Waals surface area contributed by atoms with Crippen molar-refractivity contribution in [2.45, 2.75) is 6.10 Å². The van der Waals surface area contributed by atoms with Crippen molar-refractivity contribution in [2.75, 3.05) is 0 Å². The van der Waals surface area contributed by atoms with E-state index in [1.165, 1.54) is 6.20 Å². The number of aliphatic hydroxyl groups is 1. The fraction of sp³-hybridized carbons (Fsp3) is 0.100. The van der Waals surface area contributed by atoms with Gasteiger partial charge >= 0.3 is 0 Å². The average Bonchev–Trinajstić information content (AvgIpc) is 2.29. The lowest BCUT2D eigenvalue weighted by atomic mass is 10.1. The van der Waals surface area contributed by atoms with Gasteiger partial charge in [0.25, 0.3) is 0 Å². The van der Waals surface area contributed by atoms with Gasteiger partial charge in [-0.05, 0) is 23.7 Å². The molecule has 2 aromatic heterocycles. The Labute approximate surface area is 102 Å². The first-order chi connectivity index (χ1) is 7.68. The molecular weight excluding hydrogens is 249 g/mol. The molecule has 16 heavy (non-hydrogen) atoms. The van der Waals surface area contributed by atoms with Crippen LogP contribution < -0.4 is 0 Å². The Morgan fingerprint density at radius 2 is 2.00 bits per heavy atom. The first kappa shape index (κ1) is 11.3. The predicted octanol–water partition coefficient (Wildman–Crippen LogP) is 2.26. The maximum absolute atomic E-state index is 9.99. The molecule has 1 atom stereocenters. The van der Waals surface area contributed by atoms with Crippen molar-refractivity contribution in [3.63, 3.8) is 0 Å². The number of aromatic nitrogens is 3. The summed E-state index contributed by atoms with van der Waals surface area (Å²) in [4.78, 5) is 11.5. The monoisotopic (exact) mass is 255 g/mol. The topological polar surface area (TPSA) is 58.9 Å². The van der Waals surface area contributed by atoms with Crippen LogP contribution in [0.5, 0.6) is 0 Å². The van der Waals surface area contributed by atoms with E-state index in [0.29, 0.717) is 11.3 Å². The zero-order valence-electron chi connectivity index (χ0n) is 8.01. The fourth-order valence-corrected chi connectivity index (χ4v) is 1.64. The van der Waals surface area contributed by atoms with Crippen LogP contribution in [0.2, 0.25) is 10.4 Å². The van der Waals surface area contributed by atoms with Crippen LogP contribution in [-0.2, 0) is 0 Å². The molecule has 0 aliphatic heterocycles. The summed E-state index contributed by atoms with van der Waals surface area (Å²) in [6, 6.07) is 5.22. The minimum absolute atomic E-state index is 0.0435. The first-order valence-electron chi connectivity index (χ1n) is 4.45. The second-order valence-corrected chi connectivity index (χ2v) is 3.74. The largest absolute Gasteiger partial charge is 0.382 e. The van der Waals surface area contributed by atoms with Gasteiger partial charge in [-0.3, -0.25) is 4.98 Å². The summed E-state index contributed by atoms with van der Waals surface area (Å²) in [6.45, 7) is 0.